The van der Waals surface area contributed by atoms with E-state index in [4.69, 9.17) is 4.98 Å². The molecule has 0 aliphatic rings. The fourth-order valence-electron chi connectivity index (χ4n) is 2.98. The molecule has 1 aromatic heterocycles. The summed E-state index contributed by atoms with van der Waals surface area (Å²) >= 11 is 0. The van der Waals surface area contributed by atoms with Gasteiger partial charge in [-0.25, -0.2) is 0 Å². The van der Waals surface area contributed by atoms with Gasteiger partial charge in [0, 0.05) is 17.3 Å². The molecule has 0 saturated heterocycles. The van der Waals surface area contributed by atoms with Crippen LogP contribution in [-0.2, 0) is 0 Å². The van der Waals surface area contributed by atoms with Crippen LogP contribution in [-0.4, -0.2) is 4.98 Å². The van der Waals surface area contributed by atoms with Gasteiger partial charge in [0.05, 0.1) is 5.69 Å². The summed E-state index contributed by atoms with van der Waals surface area (Å²) in [5, 5.41) is 0. The molecule has 0 spiro atoms. The quantitative estimate of drug-likeness (QED) is 0.411. The van der Waals surface area contributed by atoms with Gasteiger partial charge >= 0.3 is 0 Å². The van der Waals surface area contributed by atoms with Crippen molar-refractivity contribution >= 4 is 12.2 Å². The molecule has 0 fully saturated rings. The largest absolute Gasteiger partial charge is 0.256 e. The highest BCUT2D eigenvalue weighted by atomic mass is 14.7. The molecule has 26 heavy (non-hydrogen) atoms. The van der Waals surface area contributed by atoms with Crippen LogP contribution < -0.4 is 0 Å². The number of hydrogen-bond donors (Lipinski definition) is 0. The minimum Gasteiger partial charge on any atom is -0.256 e. The number of hydrogen-bond acceptors (Lipinski definition) is 1. The van der Waals surface area contributed by atoms with Crippen molar-refractivity contribution in [3.05, 3.63) is 115 Å². The molecule has 0 radical (unpaired) electrons. The molecule has 0 N–H and O–H groups in total. The second kappa shape index (κ2) is 7.62. The third-order valence-corrected chi connectivity index (χ3v) is 4.34. The first-order valence-corrected chi connectivity index (χ1v) is 8.74. The summed E-state index contributed by atoms with van der Waals surface area (Å²) in [6.07, 6.45) is 6.15. The molecule has 3 aromatic carbocycles. The topological polar surface area (TPSA) is 12.9 Å². The van der Waals surface area contributed by atoms with E-state index in [9.17, 15) is 0 Å². The van der Waals surface area contributed by atoms with Gasteiger partial charge in [-0.1, -0.05) is 97.1 Å². The Morgan fingerprint density at radius 2 is 1.12 bits per heavy atom. The van der Waals surface area contributed by atoms with Crippen LogP contribution in [0.15, 0.2) is 103 Å². The maximum Gasteiger partial charge on any atom is 0.0708 e. The summed E-state index contributed by atoms with van der Waals surface area (Å²) in [4.78, 5) is 4.76. The van der Waals surface area contributed by atoms with Gasteiger partial charge in [0.25, 0.3) is 0 Å². The van der Waals surface area contributed by atoms with Crippen molar-refractivity contribution in [1.29, 1.82) is 0 Å². The fraction of sp³-hybridized carbons (Fsp3) is 0. The van der Waals surface area contributed by atoms with E-state index in [1.165, 1.54) is 16.7 Å². The van der Waals surface area contributed by atoms with Crippen LogP contribution >= 0.6 is 0 Å². The second-order valence-corrected chi connectivity index (χ2v) is 6.13. The van der Waals surface area contributed by atoms with Crippen LogP contribution in [0.4, 0.5) is 0 Å². The van der Waals surface area contributed by atoms with Crippen molar-refractivity contribution < 1.29 is 0 Å². The summed E-state index contributed by atoms with van der Waals surface area (Å²) < 4.78 is 0. The Morgan fingerprint density at radius 3 is 1.77 bits per heavy atom. The van der Waals surface area contributed by atoms with E-state index in [1.807, 2.05) is 36.5 Å². The van der Waals surface area contributed by atoms with E-state index in [-0.39, 0.29) is 0 Å². The average molecular weight is 333 g/mol. The van der Waals surface area contributed by atoms with Crippen molar-refractivity contribution in [2.75, 3.05) is 0 Å². The van der Waals surface area contributed by atoms with E-state index < -0.39 is 0 Å². The van der Waals surface area contributed by atoms with E-state index in [0.717, 1.165) is 16.8 Å². The lowest BCUT2D eigenvalue weighted by atomic mass is 9.98. The van der Waals surface area contributed by atoms with Crippen LogP contribution in [0.3, 0.4) is 0 Å². The monoisotopic (exact) mass is 333 g/mol. The summed E-state index contributed by atoms with van der Waals surface area (Å²) in [5.41, 5.74) is 6.75. The van der Waals surface area contributed by atoms with Gasteiger partial charge < -0.3 is 0 Å². The fourth-order valence-corrected chi connectivity index (χ4v) is 2.98. The Kier molecular flexibility index (Phi) is 4.70. The lowest BCUT2D eigenvalue weighted by Gasteiger charge is -2.09. The number of nitrogens with zero attached hydrogens (tertiary/aromatic N) is 1. The van der Waals surface area contributed by atoms with Crippen molar-refractivity contribution in [1.82, 2.24) is 4.98 Å². The number of aromatic nitrogens is 1. The zero-order valence-electron chi connectivity index (χ0n) is 14.4. The predicted molar refractivity (Wildman–Crippen MR) is 110 cm³/mol. The van der Waals surface area contributed by atoms with Gasteiger partial charge in [-0.15, -0.1) is 0 Å². The van der Waals surface area contributed by atoms with Crippen LogP contribution in [0, 0.1) is 0 Å². The maximum absolute atomic E-state index is 4.76. The van der Waals surface area contributed by atoms with E-state index >= 15 is 0 Å². The Bertz CT molecular complexity index is 1000. The van der Waals surface area contributed by atoms with Crippen LogP contribution in [0.2, 0.25) is 0 Å². The standard InChI is InChI=1S/C25H19N/c1-4-10-20(11-5-1)16-17-25-24(22-14-8-3-9-15-22)18-23(19-26-25)21-12-6-2-7-13-21/h1-19H/b17-16-. The number of rotatable bonds is 4. The third-order valence-electron chi connectivity index (χ3n) is 4.34. The predicted octanol–water partition coefficient (Wildman–Crippen LogP) is 6.59. The Morgan fingerprint density at radius 1 is 0.538 bits per heavy atom. The van der Waals surface area contributed by atoms with Crippen molar-refractivity contribution in [2.45, 2.75) is 0 Å². The molecule has 0 atom stereocenters. The smallest absolute Gasteiger partial charge is 0.0708 e. The molecule has 1 nitrogen and oxygen atoms in total. The lowest BCUT2D eigenvalue weighted by Crippen LogP contribution is -1.90. The Balaban J connectivity index is 1.79. The van der Waals surface area contributed by atoms with Crippen molar-refractivity contribution in [3.8, 4) is 22.3 Å². The molecule has 4 aromatic rings. The van der Waals surface area contributed by atoms with Crippen LogP contribution in [0.25, 0.3) is 34.4 Å². The molecule has 0 bridgehead atoms. The van der Waals surface area contributed by atoms with E-state index in [2.05, 4.69) is 78.9 Å². The highest BCUT2D eigenvalue weighted by molar-refractivity contribution is 5.82. The van der Waals surface area contributed by atoms with Gasteiger partial charge in [0.1, 0.15) is 0 Å². The highest BCUT2D eigenvalue weighted by Crippen LogP contribution is 2.29. The zero-order valence-corrected chi connectivity index (χ0v) is 14.4. The lowest BCUT2D eigenvalue weighted by molar-refractivity contribution is 1.30. The first-order valence-electron chi connectivity index (χ1n) is 8.74. The maximum atomic E-state index is 4.76. The summed E-state index contributed by atoms with van der Waals surface area (Å²) in [7, 11) is 0. The van der Waals surface area contributed by atoms with Gasteiger partial charge in [-0.05, 0) is 28.8 Å². The molecule has 1 heterocycles. The minimum absolute atomic E-state index is 0.972. The average Bonchev–Trinajstić information content (AvgIpc) is 2.74. The first-order chi connectivity index (χ1) is 12.9. The third kappa shape index (κ3) is 3.62. The molecule has 0 aliphatic heterocycles. The van der Waals surface area contributed by atoms with Crippen LogP contribution in [0.5, 0.6) is 0 Å². The number of pyridine rings is 1. The van der Waals surface area contributed by atoms with E-state index in [0.29, 0.717) is 0 Å². The molecule has 1 heteroatoms. The molecule has 124 valence electrons. The second-order valence-electron chi connectivity index (χ2n) is 6.13. The molecule has 0 saturated carbocycles. The highest BCUT2D eigenvalue weighted by Gasteiger charge is 2.07. The van der Waals surface area contributed by atoms with Crippen LogP contribution in [0.1, 0.15) is 11.3 Å². The minimum atomic E-state index is 0.972. The normalized spacial score (nSPS) is 10.9. The molecule has 0 amide bonds. The van der Waals surface area contributed by atoms with Crippen molar-refractivity contribution in [3.63, 3.8) is 0 Å². The van der Waals surface area contributed by atoms with Gasteiger partial charge in [0.2, 0.25) is 0 Å². The Hall–Kier alpha value is -3.45. The SMILES string of the molecule is C(=C/c1ncc(-c2ccccc2)cc1-c1ccccc1)/c1ccccc1. The van der Waals surface area contributed by atoms with Gasteiger partial charge in [-0.3, -0.25) is 4.98 Å². The van der Waals surface area contributed by atoms with Gasteiger partial charge in [-0.2, -0.15) is 0 Å². The van der Waals surface area contributed by atoms with E-state index in [1.54, 1.807) is 0 Å². The Labute approximate surface area is 154 Å². The molecular formula is C25H19N. The molecule has 0 unspecified atom stereocenters. The van der Waals surface area contributed by atoms with Crippen molar-refractivity contribution in [2.24, 2.45) is 0 Å². The molecular weight excluding hydrogens is 314 g/mol. The molecule has 4 rings (SSSR count). The summed E-state index contributed by atoms with van der Waals surface area (Å²) in [6.45, 7) is 0. The van der Waals surface area contributed by atoms with Gasteiger partial charge in [0.15, 0.2) is 0 Å². The summed E-state index contributed by atoms with van der Waals surface area (Å²) in [6, 6.07) is 33.3. The number of benzene rings is 3. The summed E-state index contributed by atoms with van der Waals surface area (Å²) in [5.74, 6) is 0. The molecule has 0 aliphatic carbocycles. The zero-order chi connectivity index (χ0) is 17.6. The first kappa shape index (κ1) is 16.0.